The van der Waals surface area contributed by atoms with Crippen LogP contribution in [0, 0.1) is 29.2 Å². The summed E-state index contributed by atoms with van der Waals surface area (Å²) in [6.45, 7) is -0.264. The molecule has 3 aliphatic carbocycles. The summed E-state index contributed by atoms with van der Waals surface area (Å²) in [6, 6.07) is 15.7. The van der Waals surface area contributed by atoms with Gasteiger partial charge in [-0.1, -0.05) is 48.5 Å². The molecular formula is C23H15F4O4S-. The van der Waals surface area contributed by atoms with Gasteiger partial charge in [0.25, 0.3) is 0 Å². The third-order valence-corrected chi connectivity index (χ3v) is 7.16. The van der Waals surface area contributed by atoms with E-state index in [1.54, 1.807) is 0 Å². The summed E-state index contributed by atoms with van der Waals surface area (Å²) in [7, 11) is -5.77. The van der Waals surface area contributed by atoms with E-state index in [4.69, 9.17) is 4.74 Å². The number of fused-ring (bicyclic) bond motifs is 1. The summed E-state index contributed by atoms with van der Waals surface area (Å²) in [6.07, 6.45) is 0.597. The normalized spacial score (nSPS) is 21.2. The molecular weight excluding hydrogens is 448 g/mol. The summed E-state index contributed by atoms with van der Waals surface area (Å²) < 4.78 is 95.0. The fraction of sp³-hybridized carbons (Fsp3) is 0.217. The van der Waals surface area contributed by atoms with Crippen LogP contribution in [0.5, 0.6) is 5.75 Å². The molecule has 9 heteroatoms. The minimum Gasteiger partial charge on any atom is -0.744 e. The highest BCUT2D eigenvalue weighted by Crippen LogP contribution is 2.55. The molecule has 0 spiro atoms. The van der Waals surface area contributed by atoms with E-state index in [2.05, 4.69) is 0 Å². The van der Waals surface area contributed by atoms with E-state index in [9.17, 15) is 30.5 Å². The van der Waals surface area contributed by atoms with Crippen LogP contribution in [0.25, 0.3) is 0 Å². The van der Waals surface area contributed by atoms with Crippen LogP contribution in [-0.2, 0) is 10.1 Å². The number of ether oxygens (including phenoxy) is 1. The Morgan fingerprint density at radius 1 is 0.812 bits per heavy atom. The monoisotopic (exact) mass is 463 g/mol. The fourth-order valence-electron chi connectivity index (χ4n) is 5.05. The number of hydrogen-bond donors (Lipinski definition) is 0. The summed E-state index contributed by atoms with van der Waals surface area (Å²) in [5.74, 6) is -10.4. The molecule has 0 aliphatic heterocycles. The van der Waals surface area contributed by atoms with Gasteiger partial charge in [-0.25, -0.2) is 17.2 Å². The zero-order valence-electron chi connectivity index (χ0n) is 16.3. The summed E-state index contributed by atoms with van der Waals surface area (Å²) in [5.41, 5.74) is 4.43. The summed E-state index contributed by atoms with van der Waals surface area (Å²) >= 11 is 0. The van der Waals surface area contributed by atoms with Crippen molar-refractivity contribution in [2.75, 3.05) is 6.61 Å². The molecule has 32 heavy (non-hydrogen) atoms. The molecule has 6 rings (SSSR count). The van der Waals surface area contributed by atoms with Crippen LogP contribution in [0.1, 0.15) is 40.5 Å². The van der Waals surface area contributed by atoms with Crippen molar-refractivity contribution in [2.24, 2.45) is 5.92 Å². The minimum absolute atomic E-state index is 0.0390. The number of benzene rings is 3. The predicted molar refractivity (Wildman–Crippen MR) is 104 cm³/mol. The lowest BCUT2D eigenvalue weighted by molar-refractivity contribution is 0.185. The molecule has 0 saturated carbocycles. The third kappa shape index (κ3) is 3.02. The average molecular weight is 463 g/mol. The van der Waals surface area contributed by atoms with E-state index in [0.29, 0.717) is 6.42 Å². The van der Waals surface area contributed by atoms with Crippen LogP contribution in [0.4, 0.5) is 17.6 Å². The molecule has 3 aliphatic rings. The van der Waals surface area contributed by atoms with Gasteiger partial charge in [-0.15, -0.1) is 0 Å². The zero-order chi connectivity index (χ0) is 22.8. The lowest BCUT2D eigenvalue weighted by Gasteiger charge is -2.45. The van der Waals surface area contributed by atoms with Gasteiger partial charge in [0.2, 0.25) is 11.6 Å². The second-order valence-corrected chi connectivity index (χ2v) is 9.28. The van der Waals surface area contributed by atoms with Crippen molar-refractivity contribution in [1.29, 1.82) is 0 Å². The number of halogens is 4. The maximum atomic E-state index is 14.3. The average Bonchev–Trinajstić information content (AvgIpc) is 2.77. The van der Waals surface area contributed by atoms with E-state index < -0.39 is 44.0 Å². The molecule has 1 unspecified atom stereocenters. The van der Waals surface area contributed by atoms with Gasteiger partial charge in [0.1, 0.15) is 15.0 Å². The Kier molecular flexibility index (Phi) is 4.79. The first kappa shape index (κ1) is 21.0. The van der Waals surface area contributed by atoms with E-state index >= 15 is 0 Å². The molecule has 3 aromatic rings. The highest BCUT2D eigenvalue weighted by atomic mass is 32.2. The van der Waals surface area contributed by atoms with Crippen LogP contribution < -0.4 is 4.74 Å². The quantitative estimate of drug-likeness (QED) is 0.316. The third-order valence-electron chi connectivity index (χ3n) is 6.30. The lowest BCUT2D eigenvalue weighted by atomic mass is 9.59. The molecule has 0 amide bonds. The molecule has 1 atom stereocenters. The second-order valence-electron chi connectivity index (χ2n) is 7.96. The Bertz CT molecular complexity index is 1280. The first-order valence-corrected chi connectivity index (χ1v) is 11.2. The molecule has 0 radical (unpaired) electrons. The molecule has 166 valence electrons. The Morgan fingerprint density at radius 2 is 1.28 bits per heavy atom. The zero-order valence-corrected chi connectivity index (χ0v) is 17.1. The SMILES string of the molecule is O=S(=O)([O-])c1c(F)c(F)c(OCC2CC3c4ccccc4C2c2ccccc23)c(F)c1F. The van der Waals surface area contributed by atoms with Gasteiger partial charge in [0.05, 0.1) is 6.61 Å². The van der Waals surface area contributed by atoms with E-state index in [-0.39, 0.29) is 24.4 Å². The molecule has 4 nitrogen and oxygen atoms in total. The first-order valence-electron chi connectivity index (χ1n) is 9.82. The van der Waals surface area contributed by atoms with Gasteiger partial charge in [-0.2, -0.15) is 8.78 Å². The van der Waals surface area contributed by atoms with Crippen molar-refractivity contribution in [3.8, 4) is 5.75 Å². The highest BCUT2D eigenvalue weighted by molar-refractivity contribution is 7.85. The van der Waals surface area contributed by atoms with Gasteiger partial charge in [0.15, 0.2) is 17.4 Å². The molecule has 2 bridgehead atoms. The Hall–Kier alpha value is -2.91. The number of rotatable bonds is 4. The second kappa shape index (κ2) is 7.31. The fourth-order valence-corrected chi connectivity index (χ4v) is 5.67. The van der Waals surface area contributed by atoms with Crippen LogP contribution in [0.15, 0.2) is 53.4 Å². The van der Waals surface area contributed by atoms with Crippen LogP contribution in [0.2, 0.25) is 0 Å². The Balaban J connectivity index is 1.51. The van der Waals surface area contributed by atoms with E-state index in [1.807, 2.05) is 48.5 Å². The predicted octanol–water partition coefficient (Wildman–Crippen LogP) is 4.82. The van der Waals surface area contributed by atoms with Gasteiger partial charge in [-0.05, 0) is 28.7 Å². The first-order chi connectivity index (χ1) is 15.2. The molecule has 0 aromatic heterocycles. The summed E-state index contributed by atoms with van der Waals surface area (Å²) in [5, 5.41) is 0. The topological polar surface area (TPSA) is 66.4 Å². The number of hydrogen-bond acceptors (Lipinski definition) is 4. The molecule has 0 fully saturated rings. The lowest BCUT2D eigenvalue weighted by Crippen LogP contribution is -2.35. The standard InChI is InChI=1S/C23H16F4O4S/c24-18-20(26)23(32(28,29)30)21(27)19(25)22(18)31-10-11-9-16-12-5-1-3-7-14(12)17(11)15-8-4-2-6-13(15)16/h1-8,11,16-17H,9-10H2,(H,28,29,30)/p-1. The van der Waals surface area contributed by atoms with Gasteiger partial charge < -0.3 is 9.29 Å². The molecule has 3 aromatic carbocycles. The van der Waals surface area contributed by atoms with Gasteiger partial charge in [0, 0.05) is 17.8 Å². The van der Waals surface area contributed by atoms with Gasteiger partial charge >= 0.3 is 0 Å². The maximum absolute atomic E-state index is 14.3. The van der Waals surface area contributed by atoms with Crippen molar-refractivity contribution in [1.82, 2.24) is 0 Å². The Labute approximate surface area is 181 Å². The smallest absolute Gasteiger partial charge is 0.205 e. The van der Waals surface area contributed by atoms with Crippen molar-refractivity contribution < 1.29 is 35.3 Å². The van der Waals surface area contributed by atoms with Crippen molar-refractivity contribution in [3.05, 3.63) is 94.1 Å². The Morgan fingerprint density at radius 3 is 1.75 bits per heavy atom. The van der Waals surface area contributed by atoms with Crippen LogP contribution in [0.3, 0.4) is 0 Å². The van der Waals surface area contributed by atoms with Crippen LogP contribution in [-0.4, -0.2) is 19.6 Å². The van der Waals surface area contributed by atoms with Crippen molar-refractivity contribution in [3.63, 3.8) is 0 Å². The molecule has 0 N–H and O–H groups in total. The van der Waals surface area contributed by atoms with Gasteiger partial charge in [-0.3, -0.25) is 0 Å². The van der Waals surface area contributed by atoms with Crippen molar-refractivity contribution in [2.45, 2.75) is 23.2 Å². The molecule has 0 saturated heterocycles. The van der Waals surface area contributed by atoms with Crippen LogP contribution >= 0.6 is 0 Å². The summed E-state index contributed by atoms with van der Waals surface area (Å²) in [4.78, 5) is -2.19. The van der Waals surface area contributed by atoms with E-state index in [1.165, 1.54) is 0 Å². The minimum atomic E-state index is -5.77. The largest absolute Gasteiger partial charge is 0.744 e. The van der Waals surface area contributed by atoms with E-state index in [0.717, 1.165) is 22.3 Å². The molecule has 0 heterocycles. The highest BCUT2D eigenvalue weighted by Gasteiger charge is 2.43. The van der Waals surface area contributed by atoms with Crippen molar-refractivity contribution >= 4 is 10.1 Å². The maximum Gasteiger partial charge on any atom is 0.205 e.